The van der Waals surface area contributed by atoms with Crippen molar-refractivity contribution in [3.8, 4) is 6.07 Å². The number of nitriles is 1. The number of nitrogens with zero attached hydrogens (tertiary/aromatic N) is 4. The van der Waals surface area contributed by atoms with Gasteiger partial charge in [0.1, 0.15) is 24.5 Å². The molecule has 18 heavy (non-hydrogen) atoms. The van der Waals surface area contributed by atoms with Crippen molar-refractivity contribution in [3.05, 3.63) is 12.4 Å². The van der Waals surface area contributed by atoms with Gasteiger partial charge < -0.3 is 10.2 Å². The number of rotatable bonds is 5. The molecule has 0 aliphatic carbocycles. The Morgan fingerprint density at radius 3 is 2.72 bits per heavy atom. The lowest BCUT2D eigenvalue weighted by Gasteiger charge is -2.24. The van der Waals surface area contributed by atoms with Crippen LogP contribution in [0, 0.1) is 16.7 Å². The predicted molar refractivity (Wildman–Crippen MR) is 73.5 cm³/mol. The first kappa shape index (κ1) is 14.2. The highest BCUT2D eigenvalue weighted by Crippen LogP contribution is 2.20. The highest BCUT2D eigenvalue weighted by Gasteiger charge is 2.12. The zero-order valence-corrected chi connectivity index (χ0v) is 11.6. The Hall–Kier alpha value is -1.83. The van der Waals surface area contributed by atoms with E-state index in [1.54, 1.807) is 0 Å². The molecule has 1 heterocycles. The van der Waals surface area contributed by atoms with Crippen molar-refractivity contribution in [1.82, 2.24) is 9.97 Å². The van der Waals surface area contributed by atoms with Crippen LogP contribution in [0.2, 0.25) is 0 Å². The van der Waals surface area contributed by atoms with E-state index >= 15 is 0 Å². The smallest absolute Gasteiger partial charge is 0.133 e. The average molecular weight is 247 g/mol. The van der Waals surface area contributed by atoms with Crippen LogP contribution in [0.25, 0.3) is 0 Å². The molecule has 0 amide bonds. The molecule has 5 heteroatoms. The lowest BCUT2D eigenvalue weighted by atomic mass is 9.92. The summed E-state index contributed by atoms with van der Waals surface area (Å²) in [6, 6.07) is 3.89. The van der Waals surface area contributed by atoms with Crippen molar-refractivity contribution in [1.29, 1.82) is 5.26 Å². The Morgan fingerprint density at radius 2 is 2.11 bits per heavy atom. The molecule has 0 saturated heterocycles. The molecule has 5 nitrogen and oxygen atoms in total. The predicted octanol–water partition coefficient (Wildman–Crippen LogP) is 2.28. The van der Waals surface area contributed by atoms with Crippen LogP contribution in [0.3, 0.4) is 0 Å². The molecule has 0 aromatic carbocycles. The molecule has 98 valence electrons. The van der Waals surface area contributed by atoms with Crippen LogP contribution < -0.4 is 10.2 Å². The summed E-state index contributed by atoms with van der Waals surface area (Å²) < 4.78 is 0. The minimum Gasteiger partial charge on any atom is -0.359 e. The molecule has 0 aliphatic rings. The molecule has 1 aromatic rings. The Balaban J connectivity index is 2.62. The van der Waals surface area contributed by atoms with Crippen LogP contribution in [-0.4, -0.2) is 30.1 Å². The zero-order chi connectivity index (χ0) is 13.6. The molecule has 0 saturated carbocycles. The third-order valence-electron chi connectivity index (χ3n) is 2.59. The van der Waals surface area contributed by atoms with E-state index in [1.807, 2.05) is 19.2 Å². The zero-order valence-electron chi connectivity index (χ0n) is 11.6. The van der Waals surface area contributed by atoms with Gasteiger partial charge in [-0.3, -0.25) is 0 Å². The third kappa shape index (κ3) is 5.00. The molecule has 0 unspecified atom stereocenters. The van der Waals surface area contributed by atoms with Gasteiger partial charge in [0.25, 0.3) is 0 Å². The van der Waals surface area contributed by atoms with Crippen molar-refractivity contribution >= 4 is 11.6 Å². The van der Waals surface area contributed by atoms with Crippen LogP contribution in [0.4, 0.5) is 11.6 Å². The van der Waals surface area contributed by atoms with E-state index in [-0.39, 0.29) is 6.54 Å². The quantitative estimate of drug-likeness (QED) is 0.809. The summed E-state index contributed by atoms with van der Waals surface area (Å²) in [6.45, 7) is 7.86. The maximum Gasteiger partial charge on any atom is 0.133 e. The standard InChI is InChI=1S/C13H21N5/c1-13(2,3)5-8-18(4)12-9-11(15-7-6-14)16-10-17-12/h9-10H,5,7-8H2,1-4H3,(H,15,16,17). The second kappa shape index (κ2) is 6.20. The number of nitrogens with one attached hydrogen (secondary N) is 1. The maximum absolute atomic E-state index is 8.51. The van der Waals surface area contributed by atoms with Crippen molar-refractivity contribution in [2.45, 2.75) is 27.2 Å². The fourth-order valence-corrected chi connectivity index (χ4v) is 1.40. The summed E-state index contributed by atoms with van der Waals surface area (Å²) in [4.78, 5) is 10.4. The lowest BCUT2D eigenvalue weighted by molar-refractivity contribution is 0.381. The fourth-order valence-electron chi connectivity index (χ4n) is 1.40. The second-order valence-corrected chi connectivity index (χ2v) is 5.51. The molecule has 0 spiro atoms. The summed E-state index contributed by atoms with van der Waals surface area (Å²) in [5, 5.41) is 11.4. The highest BCUT2D eigenvalue weighted by molar-refractivity contribution is 5.48. The molecule has 1 N–H and O–H groups in total. The minimum atomic E-state index is 0.252. The van der Waals surface area contributed by atoms with E-state index in [0.29, 0.717) is 11.2 Å². The Morgan fingerprint density at radius 1 is 1.39 bits per heavy atom. The van der Waals surface area contributed by atoms with Gasteiger partial charge in [0, 0.05) is 19.7 Å². The van der Waals surface area contributed by atoms with Gasteiger partial charge in [-0.2, -0.15) is 5.26 Å². The molecule has 1 aromatic heterocycles. The molecular weight excluding hydrogens is 226 g/mol. The van der Waals surface area contributed by atoms with Crippen molar-refractivity contribution in [3.63, 3.8) is 0 Å². The van der Waals surface area contributed by atoms with E-state index in [9.17, 15) is 0 Å². The first-order valence-electron chi connectivity index (χ1n) is 6.06. The summed E-state index contributed by atoms with van der Waals surface area (Å²) in [5.74, 6) is 1.55. The monoisotopic (exact) mass is 247 g/mol. The van der Waals surface area contributed by atoms with Gasteiger partial charge in [0.05, 0.1) is 6.07 Å². The fraction of sp³-hybridized carbons (Fsp3) is 0.615. The molecule has 0 aliphatic heterocycles. The second-order valence-electron chi connectivity index (χ2n) is 5.51. The Labute approximate surface area is 109 Å². The van der Waals surface area contributed by atoms with Gasteiger partial charge in [0.15, 0.2) is 0 Å². The van der Waals surface area contributed by atoms with Gasteiger partial charge in [-0.1, -0.05) is 20.8 Å². The number of hydrogen-bond acceptors (Lipinski definition) is 5. The molecular formula is C13H21N5. The van der Waals surface area contributed by atoms with E-state index in [2.05, 4.69) is 41.0 Å². The van der Waals surface area contributed by atoms with Gasteiger partial charge in [-0.25, -0.2) is 9.97 Å². The topological polar surface area (TPSA) is 64.8 Å². The summed E-state index contributed by atoms with van der Waals surface area (Å²) in [5.41, 5.74) is 0.309. The van der Waals surface area contributed by atoms with E-state index in [0.717, 1.165) is 18.8 Å². The van der Waals surface area contributed by atoms with Crippen molar-refractivity contribution in [2.75, 3.05) is 30.4 Å². The first-order valence-corrected chi connectivity index (χ1v) is 6.06. The van der Waals surface area contributed by atoms with Gasteiger partial charge >= 0.3 is 0 Å². The third-order valence-corrected chi connectivity index (χ3v) is 2.59. The van der Waals surface area contributed by atoms with Gasteiger partial charge in [-0.05, 0) is 11.8 Å². The van der Waals surface area contributed by atoms with Crippen LogP contribution in [0.5, 0.6) is 0 Å². The van der Waals surface area contributed by atoms with Crippen LogP contribution in [0.15, 0.2) is 12.4 Å². The lowest BCUT2D eigenvalue weighted by Crippen LogP contribution is -2.24. The van der Waals surface area contributed by atoms with Gasteiger partial charge in [0.2, 0.25) is 0 Å². The maximum atomic E-state index is 8.51. The first-order chi connectivity index (χ1) is 8.42. The summed E-state index contributed by atoms with van der Waals surface area (Å²) in [6.07, 6.45) is 2.61. The normalized spacial score (nSPS) is 10.8. The number of anilines is 2. The SMILES string of the molecule is CN(CCC(C)(C)C)c1cc(NCC#N)ncn1. The van der Waals surface area contributed by atoms with E-state index in [1.165, 1.54) is 6.33 Å². The Bertz CT molecular complexity index is 416. The number of hydrogen-bond donors (Lipinski definition) is 1. The molecule has 0 fully saturated rings. The van der Waals surface area contributed by atoms with Crippen LogP contribution in [0.1, 0.15) is 27.2 Å². The minimum absolute atomic E-state index is 0.252. The van der Waals surface area contributed by atoms with Gasteiger partial charge in [-0.15, -0.1) is 0 Å². The van der Waals surface area contributed by atoms with Crippen LogP contribution >= 0.6 is 0 Å². The molecule has 0 atom stereocenters. The molecule has 0 radical (unpaired) electrons. The molecule has 1 rings (SSSR count). The van der Waals surface area contributed by atoms with Crippen molar-refractivity contribution < 1.29 is 0 Å². The Kier molecular flexibility index (Phi) is 4.90. The summed E-state index contributed by atoms with van der Waals surface area (Å²) in [7, 11) is 2.02. The molecule has 0 bridgehead atoms. The van der Waals surface area contributed by atoms with Crippen molar-refractivity contribution in [2.24, 2.45) is 5.41 Å². The highest BCUT2D eigenvalue weighted by atomic mass is 15.2. The van der Waals surface area contributed by atoms with Crippen LogP contribution in [-0.2, 0) is 0 Å². The average Bonchev–Trinajstić information content (AvgIpc) is 2.33. The van der Waals surface area contributed by atoms with E-state index in [4.69, 9.17) is 5.26 Å². The largest absolute Gasteiger partial charge is 0.359 e. The number of aromatic nitrogens is 2. The summed E-state index contributed by atoms with van der Waals surface area (Å²) >= 11 is 0. The van der Waals surface area contributed by atoms with E-state index < -0.39 is 0 Å².